The Kier molecular flexibility index (Phi) is 3.13. The molecule has 0 heterocycles. The average molecular weight is 165 g/mol. The zero-order valence-corrected chi connectivity index (χ0v) is 5.76. The van der Waals surface area contributed by atoms with Gasteiger partial charge in [0.15, 0.2) is 6.04 Å². The minimum atomic E-state index is -3.41. The Labute approximate surface area is 62.5 Å². The Balaban J connectivity index is 4.27. The Morgan fingerprint density at radius 2 is 2.27 bits per heavy atom. The quantitative estimate of drug-likeness (QED) is 0.600. The van der Waals surface area contributed by atoms with E-state index in [1.807, 2.05) is 0 Å². The van der Waals surface area contributed by atoms with Crippen LogP contribution in [0.25, 0.3) is 0 Å². The molecular weight excluding hydrogens is 156 g/mol. The van der Waals surface area contributed by atoms with Crippen LogP contribution < -0.4 is 5.73 Å². The molecule has 0 amide bonds. The predicted molar refractivity (Wildman–Crippen MR) is 35.4 cm³/mol. The Hall–Kier alpha value is -0.970. The molecule has 0 aromatic rings. The molecule has 0 aliphatic carbocycles. The lowest BCUT2D eigenvalue weighted by atomic mass is 10.1. The van der Waals surface area contributed by atoms with Crippen molar-refractivity contribution in [3.8, 4) is 0 Å². The fourth-order valence-electron chi connectivity index (χ4n) is 0.500. The molecule has 0 bridgehead atoms. The van der Waals surface area contributed by atoms with E-state index in [1.165, 1.54) is 0 Å². The third kappa shape index (κ3) is 2.63. The molecule has 1 unspecified atom stereocenters. The molecule has 0 aromatic heterocycles. The van der Waals surface area contributed by atoms with Crippen molar-refractivity contribution in [1.82, 2.24) is 0 Å². The van der Waals surface area contributed by atoms with Crippen LogP contribution in [-0.2, 0) is 4.79 Å². The van der Waals surface area contributed by atoms with Crippen molar-refractivity contribution in [3.05, 3.63) is 12.7 Å². The zero-order valence-electron chi connectivity index (χ0n) is 5.76. The van der Waals surface area contributed by atoms with Gasteiger partial charge in [-0.15, -0.1) is 6.58 Å². The minimum Gasteiger partial charge on any atom is -0.480 e. The van der Waals surface area contributed by atoms with Crippen molar-refractivity contribution in [3.63, 3.8) is 0 Å². The fourth-order valence-corrected chi connectivity index (χ4v) is 0.500. The van der Waals surface area contributed by atoms with E-state index in [0.29, 0.717) is 0 Å². The molecule has 3 nitrogen and oxygen atoms in total. The molecule has 0 aromatic carbocycles. The van der Waals surface area contributed by atoms with Crippen molar-refractivity contribution in [2.45, 2.75) is 18.4 Å². The highest BCUT2D eigenvalue weighted by molar-refractivity contribution is 5.74. The standard InChI is InChI=1S/C6H9F2NO2/c1-2-3-6(7,8)4(9)5(10)11/h2,4H,1,3,9H2,(H,10,11). The summed E-state index contributed by atoms with van der Waals surface area (Å²) in [5, 5.41) is 8.10. The van der Waals surface area contributed by atoms with E-state index in [9.17, 15) is 13.6 Å². The van der Waals surface area contributed by atoms with E-state index in [4.69, 9.17) is 5.11 Å². The third-order valence-corrected chi connectivity index (χ3v) is 1.14. The number of hydrogen-bond acceptors (Lipinski definition) is 2. The molecule has 3 N–H and O–H groups in total. The summed E-state index contributed by atoms with van der Waals surface area (Å²) in [6.07, 6.45) is 0.212. The van der Waals surface area contributed by atoms with Crippen molar-refractivity contribution in [1.29, 1.82) is 0 Å². The van der Waals surface area contributed by atoms with Crippen LogP contribution in [0.5, 0.6) is 0 Å². The molecule has 11 heavy (non-hydrogen) atoms. The van der Waals surface area contributed by atoms with E-state index < -0.39 is 24.4 Å². The number of hydrogen-bond donors (Lipinski definition) is 2. The van der Waals surface area contributed by atoms with Crippen LogP contribution in [0.1, 0.15) is 6.42 Å². The first-order chi connectivity index (χ1) is 4.91. The maximum absolute atomic E-state index is 12.5. The molecule has 64 valence electrons. The monoisotopic (exact) mass is 165 g/mol. The molecular formula is C6H9F2NO2. The lowest BCUT2D eigenvalue weighted by molar-refractivity contribution is -0.148. The first-order valence-electron chi connectivity index (χ1n) is 2.89. The number of rotatable bonds is 4. The highest BCUT2D eigenvalue weighted by atomic mass is 19.3. The lowest BCUT2D eigenvalue weighted by Gasteiger charge is -2.17. The number of halogens is 2. The number of carboxylic acid groups (broad SMARTS) is 1. The van der Waals surface area contributed by atoms with Gasteiger partial charge in [-0.25, -0.2) is 8.78 Å². The maximum Gasteiger partial charge on any atom is 0.326 e. The molecule has 1 atom stereocenters. The summed E-state index contributed by atoms with van der Waals surface area (Å²) in [4.78, 5) is 9.98. The molecule has 0 aliphatic rings. The summed E-state index contributed by atoms with van der Waals surface area (Å²) in [5.41, 5.74) is 4.68. The fraction of sp³-hybridized carbons (Fsp3) is 0.500. The number of carboxylic acids is 1. The summed E-state index contributed by atoms with van der Waals surface area (Å²) in [6.45, 7) is 3.06. The van der Waals surface area contributed by atoms with Gasteiger partial charge in [0.05, 0.1) is 0 Å². The maximum atomic E-state index is 12.5. The largest absolute Gasteiger partial charge is 0.480 e. The summed E-state index contributed by atoms with van der Waals surface area (Å²) in [5.74, 6) is -5.12. The second-order valence-electron chi connectivity index (χ2n) is 2.07. The molecule has 0 radical (unpaired) electrons. The smallest absolute Gasteiger partial charge is 0.326 e. The van der Waals surface area contributed by atoms with Crippen LogP contribution in [0.3, 0.4) is 0 Å². The van der Waals surface area contributed by atoms with Gasteiger partial charge in [-0.1, -0.05) is 6.08 Å². The van der Waals surface area contributed by atoms with E-state index in [0.717, 1.165) is 6.08 Å². The van der Waals surface area contributed by atoms with Crippen molar-refractivity contribution >= 4 is 5.97 Å². The lowest BCUT2D eigenvalue weighted by Crippen LogP contribution is -2.46. The third-order valence-electron chi connectivity index (χ3n) is 1.14. The Bertz CT molecular complexity index is 170. The highest BCUT2D eigenvalue weighted by Gasteiger charge is 2.40. The highest BCUT2D eigenvalue weighted by Crippen LogP contribution is 2.21. The minimum absolute atomic E-state index is 0.722. The van der Waals surface area contributed by atoms with Gasteiger partial charge < -0.3 is 10.8 Å². The molecule has 0 spiro atoms. The average Bonchev–Trinajstić information content (AvgIpc) is 1.86. The number of alkyl halides is 2. The van der Waals surface area contributed by atoms with Crippen LogP contribution in [0.4, 0.5) is 8.78 Å². The van der Waals surface area contributed by atoms with E-state index in [1.54, 1.807) is 0 Å². The summed E-state index contributed by atoms with van der Waals surface area (Å²) in [6, 6.07) is -2.15. The molecule has 0 fully saturated rings. The Morgan fingerprint density at radius 3 is 2.55 bits per heavy atom. The first kappa shape index (κ1) is 10.0. The number of allylic oxidation sites excluding steroid dienone is 1. The van der Waals surface area contributed by atoms with E-state index in [-0.39, 0.29) is 0 Å². The van der Waals surface area contributed by atoms with Gasteiger partial charge in [-0.2, -0.15) is 0 Å². The second-order valence-corrected chi connectivity index (χ2v) is 2.07. The normalized spacial score (nSPS) is 14.1. The van der Waals surface area contributed by atoms with Crippen LogP contribution in [-0.4, -0.2) is 23.0 Å². The van der Waals surface area contributed by atoms with Gasteiger partial charge in [0.1, 0.15) is 0 Å². The summed E-state index contributed by atoms with van der Waals surface area (Å²) >= 11 is 0. The molecule has 0 aliphatic heterocycles. The SMILES string of the molecule is C=CCC(F)(F)C(N)C(=O)O. The van der Waals surface area contributed by atoms with Gasteiger partial charge in [0.25, 0.3) is 5.92 Å². The molecule has 0 saturated heterocycles. The number of aliphatic carboxylic acids is 1. The first-order valence-corrected chi connectivity index (χ1v) is 2.89. The van der Waals surface area contributed by atoms with E-state index in [2.05, 4.69) is 12.3 Å². The van der Waals surface area contributed by atoms with Gasteiger partial charge in [0.2, 0.25) is 0 Å². The predicted octanol–water partition coefficient (Wildman–Crippen LogP) is 0.610. The number of carbonyl (C=O) groups is 1. The Morgan fingerprint density at radius 1 is 1.82 bits per heavy atom. The molecule has 0 saturated carbocycles. The summed E-state index contributed by atoms with van der Waals surface area (Å²) in [7, 11) is 0. The van der Waals surface area contributed by atoms with Crippen LogP contribution >= 0.6 is 0 Å². The van der Waals surface area contributed by atoms with Crippen molar-refractivity contribution in [2.24, 2.45) is 5.73 Å². The second kappa shape index (κ2) is 3.43. The molecule has 0 rings (SSSR count). The van der Waals surface area contributed by atoms with Crippen LogP contribution in [0, 0.1) is 0 Å². The van der Waals surface area contributed by atoms with Gasteiger partial charge in [-0.05, 0) is 0 Å². The van der Waals surface area contributed by atoms with Gasteiger partial charge in [0, 0.05) is 6.42 Å². The van der Waals surface area contributed by atoms with E-state index >= 15 is 0 Å². The number of nitrogens with two attached hydrogens (primary N) is 1. The van der Waals surface area contributed by atoms with Crippen molar-refractivity contribution < 1.29 is 18.7 Å². The zero-order chi connectivity index (χ0) is 9.07. The molecule has 5 heteroatoms. The van der Waals surface area contributed by atoms with Crippen LogP contribution in [0.15, 0.2) is 12.7 Å². The summed E-state index contributed by atoms with van der Waals surface area (Å²) < 4.78 is 25.0. The van der Waals surface area contributed by atoms with Crippen LogP contribution in [0.2, 0.25) is 0 Å². The van der Waals surface area contributed by atoms with Crippen molar-refractivity contribution in [2.75, 3.05) is 0 Å². The van der Waals surface area contributed by atoms with Gasteiger partial charge in [-0.3, -0.25) is 4.79 Å². The van der Waals surface area contributed by atoms with Gasteiger partial charge >= 0.3 is 5.97 Å². The topological polar surface area (TPSA) is 63.3 Å².